The van der Waals surface area contributed by atoms with Gasteiger partial charge < -0.3 is 30.7 Å². The molecule has 4 atom stereocenters. The average Bonchev–Trinajstić information content (AvgIpc) is 3.93. The minimum atomic E-state index is -5.17. The van der Waals surface area contributed by atoms with Gasteiger partial charge in [-0.05, 0) is 50.8 Å². The molecule has 0 aliphatic carbocycles. The number of nitrogens with zero attached hydrogens (tertiary/aromatic N) is 8. The van der Waals surface area contributed by atoms with Crippen molar-refractivity contribution in [2.75, 3.05) is 57.6 Å². The second-order valence-corrected chi connectivity index (χ2v) is 14.9. The van der Waals surface area contributed by atoms with Gasteiger partial charge in [-0.1, -0.05) is 6.07 Å². The summed E-state index contributed by atoms with van der Waals surface area (Å²) in [6.45, 7) is 3.91. The number of amides is 1. The summed E-state index contributed by atoms with van der Waals surface area (Å²) in [5.41, 5.74) is 6.77. The fourth-order valence-corrected chi connectivity index (χ4v) is 9.01. The van der Waals surface area contributed by atoms with E-state index in [2.05, 4.69) is 30.6 Å². The Hall–Kier alpha value is -5.49. The molecular weight excluding hydrogens is 798 g/mol. The number of fused-ring (bicyclic) bond motifs is 2. The van der Waals surface area contributed by atoms with Crippen LogP contribution >= 0.6 is 11.3 Å². The molecule has 4 unspecified atom stereocenters. The first kappa shape index (κ1) is 42.1. The normalized spacial score (nSPS) is 21.9. The van der Waals surface area contributed by atoms with Gasteiger partial charge in [0.15, 0.2) is 5.82 Å². The first-order valence-electron chi connectivity index (χ1n) is 18.1. The molecule has 4 aliphatic rings. The number of nitrogens with two attached hydrogens (primary N) is 2. The third kappa shape index (κ3) is 7.99. The lowest BCUT2D eigenvalue weighted by atomic mass is 9.91. The number of aliphatic imine (C=N–C) groups is 2. The predicted octanol–water partition coefficient (Wildman–Crippen LogP) is 6.21. The van der Waals surface area contributed by atoms with E-state index in [0.717, 1.165) is 31.4 Å². The highest BCUT2D eigenvalue weighted by Crippen LogP contribution is 2.53. The number of alkyl halides is 4. The first-order valence-corrected chi connectivity index (χ1v) is 18.9. The van der Waals surface area contributed by atoms with E-state index in [1.54, 1.807) is 22.8 Å². The summed E-state index contributed by atoms with van der Waals surface area (Å²) in [5, 5.41) is 9.03. The van der Waals surface area contributed by atoms with Crippen molar-refractivity contribution in [1.29, 1.82) is 5.26 Å². The molecule has 0 saturated carbocycles. The number of carbonyl (C=O) groups is 1. The van der Waals surface area contributed by atoms with Crippen molar-refractivity contribution in [3.63, 3.8) is 0 Å². The highest BCUT2D eigenvalue weighted by Gasteiger charge is 2.45. The third-order valence-electron chi connectivity index (χ3n) is 10.6. The summed E-state index contributed by atoms with van der Waals surface area (Å²) < 4.78 is 111. The van der Waals surface area contributed by atoms with Gasteiger partial charge in [-0.15, -0.1) is 11.3 Å². The van der Waals surface area contributed by atoms with Crippen molar-refractivity contribution in [2.45, 2.75) is 63.1 Å². The molecule has 2 aromatic carbocycles. The second-order valence-electron chi connectivity index (χ2n) is 13.8. The van der Waals surface area contributed by atoms with Crippen molar-refractivity contribution in [3.8, 4) is 29.0 Å². The molecule has 310 valence electrons. The van der Waals surface area contributed by atoms with E-state index < -0.39 is 58.0 Å². The van der Waals surface area contributed by atoms with Crippen molar-refractivity contribution in [3.05, 3.63) is 34.9 Å². The van der Waals surface area contributed by atoms with Crippen LogP contribution in [0.5, 0.6) is 11.8 Å². The Morgan fingerprint density at radius 3 is 2.53 bits per heavy atom. The zero-order valence-corrected chi connectivity index (χ0v) is 32.3. The number of rotatable bonds is 5. The fourth-order valence-electron chi connectivity index (χ4n) is 8.07. The zero-order valence-electron chi connectivity index (χ0n) is 31.5. The van der Waals surface area contributed by atoms with Crippen LogP contribution in [0.2, 0.25) is 0 Å². The maximum Gasteiger partial charge on any atom is 0.420 e. The third-order valence-corrected chi connectivity index (χ3v) is 11.6. The number of methoxy groups -OCH3 is 1. The van der Waals surface area contributed by atoms with Crippen LogP contribution in [0.3, 0.4) is 0 Å². The Morgan fingerprint density at radius 1 is 1.17 bits per heavy atom. The van der Waals surface area contributed by atoms with Crippen LogP contribution in [0.25, 0.3) is 32.1 Å². The number of benzene rings is 2. The van der Waals surface area contributed by atoms with Crippen LogP contribution in [0, 0.1) is 23.0 Å². The molecule has 3 saturated heterocycles. The first-order chi connectivity index (χ1) is 27.6. The van der Waals surface area contributed by atoms with E-state index in [9.17, 15) is 23.2 Å². The molecule has 4 N–H and O–H groups in total. The molecule has 3 fully saturated rings. The number of halogens is 7. The number of nitrogen functional groups attached to an aromatic ring is 1. The van der Waals surface area contributed by atoms with Gasteiger partial charge in [0.05, 0.1) is 35.3 Å². The summed E-state index contributed by atoms with van der Waals surface area (Å²) in [7, 11) is 2.71. The minimum absolute atomic E-state index is 0.0355. The molecule has 8 rings (SSSR count). The average molecular weight is 837 g/mol. The molecule has 4 aromatic rings. The molecule has 58 heavy (non-hydrogen) atoms. The van der Waals surface area contributed by atoms with E-state index in [4.69, 9.17) is 15.2 Å². The number of hydrogen-bond donors (Lipinski definition) is 2. The number of nitriles is 1. The number of ether oxygens (including phenoxy) is 2. The molecule has 2 aromatic heterocycles. The molecular formula is C37H39F7N10O3S. The highest BCUT2D eigenvalue weighted by atomic mass is 32.1. The van der Waals surface area contributed by atoms with E-state index in [-0.39, 0.29) is 63.1 Å². The molecule has 6 heterocycles. The zero-order chi connectivity index (χ0) is 42.1. The van der Waals surface area contributed by atoms with Gasteiger partial charge in [-0.3, -0.25) is 14.7 Å². The minimum Gasteiger partial charge on any atom is -0.490 e. The van der Waals surface area contributed by atoms with Crippen LogP contribution in [-0.4, -0.2) is 110 Å². The summed E-state index contributed by atoms with van der Waals surface area (Å²) in [6.07, 6.45) is -1.10. The van der Waals surface area contributed by atoms with Crippen molar-refractivity contribution in [2.24, 2.45) is 15.7 Å². The second kappa shape index (κ2) is 17.2. The lowest BCUT2D eigenvalue weighted by Crippen LogP contribution is -2.45. The van der Waals surface area contributed by atoms with E-state index in [1.165, 1.54) is 27.0 Å². The summed E-state index contributed by atoms with van der Waals surface area (Å²) in [6, 6.07) is 3.28. The molecule has 13 nitrogen and oxygen atoms in total. The van der Waals surface area contributed by atoms with Crippen LogP contribution in [0.1, 0.15) is 43.7 Å². The molecule has 0 spiro atoms. The van der Waals surface area contributed by atoms with E-state index >= 15 is 17.6 Å². The summed E-state index contributed by atoms with van der Waals surface area (Å²) in [5.74, 6) is -2.95. The molecule has 0 bridgehead atoms. The molecule has 21 heteroatoms. The van der Waals surface area contributed by atoms with Gasteiger partial charge in [0.2, 0.25) is 6.41 Å². The van der Waals surface area contributed by atoms with Crippen molar-refractivity contribution < 1.29 is 45.0 Å². The number of aromatic nitrogens is 2. The Kier molecular flexibility index (Phi) is 12.5. The van der Waals surface area contributed by atoms with Crippen molar-refractivity contribution >= 4 is 62.0 Å². The quantitative estimate of drug-likeness (QED) is 0.0775. The van der Waals surface area contributed by atoms with Crippen LogP contribution in [-0.2, 0) is 11.0 Å². The number of hydrogen-bond acceptors (Lipinski definition) is 11. The highest BCUT2D eigenvalue weighted by molar-refractivity contribution is 7.23. The largest absolute Gasteiger partial charge is 0.490 e. The van der Waals surface area contributed by atoms with Gasteiger partial charge in [0.25, 0.3) is 6.09 Å². The van der Waals surface area contributed by atoms with Gasteiger partial charge in [-0.2, -0.15) is 37.8 Å². The van der Waals surface area contributed by atoms with Crippen molar-refractivity contribution in [1.82, 2.24) is 19.8 Å². The van der Waals surface area contributed by atoms with Crippen LogP contribution < -0.4 is 25.8 Å². The lowest BCUT2D eigenvalue weighted by molar-refractivity contribution is -0.138. The smallest absolute Gasteiger partial charge is 0.420 e. The van der Waals surface area contributed by atoms with Crippen LogP contribution in [0.4, 0.5) is 41.6 Å². The Bertz CT molecular complexity index is 2280. The number of carbonyl (C=O) groups excluding carboxylic acids is 1. The number of amidine groups is 1. The number of likely N-dealkylation sites (tertiary alicyclic amines) is 1. The van der Waals surface area contributed by atoms with E-state index in [0.29, 0.717) is 43.3 Å². The molecule has 1 amide bonds. The SMILES string of the molecule is CN=CN=C(N)F.COc1nc2c3c(c(C(F)(F)F)c(-c4ccc(F)c5sc(N)c(C#N)c45)c(F)c3n1)OCCN2C1CCN(C=O)C1C.FC1CC2CCCN2C1. The molecule has 4 aliphatic heterocycles. The maximum absolute atomic E-state index is 16.7. The van der Waals surface area contributed by atoms with Crippen LogP contribution in [0.15, 0.2) is 22.1 Å². The van der Waals surface area contributed by atoms with Gasteiger partial charge in [0, 0.05) is 43.2 Å². The predicted molar refractivity (Wildman–Crippen MR) is 206 cm³/mol. The monoisotopic (exact) mass is 836 g/mol. The summed E-state index contributed by atoms with van der Waals surface area (Å²) >= 11 is 0.675. The number of thiophene rings is 1. The fraction of sp³-hybridized carbons (Fsp3) is 0.459. The maximum atomic E-state index is 16.7. The lowest BCUT2D eigenvalue weighted by Gasteiger charge is -2.33. The van der Waals surface area contributed by atoms with Gasteiger partial charge >= 0.3 is 12.2 Å². The van der Waals surface area contributed by atoms with Gasteiger partial charge in [-0.25, -0.2) is 13.2 Å². The summed E-state index contributed by atoms with van der Waals surface area (Å²) in [4.78, 5) is 31.9. The Morgan fingerprint density at radius 2 is 1.93 bits per heavy atom. The van der Waals surface area contributed by atoms with Gasteiger partial charge in [0.1, 0.15) is 58.7 Å². The Balaban J connectivity index is 0.000000293. The molecule has 0 radical (unpaired) electrons. The van der Waals surface area contributed by atoms with E-state index in [1.807, 2.05) is 0 Å². The topological polar surface area (TPSA) is 172 Å². The Labute approximate surface area is 331 Å². The number of anilines is 2. The standard InChI is InChI=1S/C27H21F5N6O3S.C7H12FN.C3H6FN3/c1-11-15(5-6-37(11)10-39)38-7-8-41-22-18-21(35-26(40-2)36-25(18)38)20(29)17(19(22)27(30,31)32)12-3-4-14(28)23-16(12)13(9-33)24(34)42-23;8-6-4-7-2-1-3-9(7)5-6;1-6-2-7-3(4)5/h3-4,10-11,15H,5-8,34H2,1-2H3;6-7H,1-5H2;2H,1H3,(H2,5,6,7).